The quantitative estimate of drug-likeness (QED) is 0.355. The normalized spacial score (nSPS) is 14.8. The molecule has 0 aliphatic carbocycles. The van der Waals surface area contributed by atoms with Gasteiger partial charge >= 0.3 is 6.09 Å². The summed E-state index contributed by atoms with van der Waals surface area (Å²) in [5.41, 5.74) is 3.68. The van der Waals surface area contributed by atoms with E-state index in [4.69, 9.17) is 9.26 Å². The monoisotopic (exact) mass is 455 g/mol. The van der Waals surface area contributed by atoms with Crippen LogP contribution in [0.5, 0.6) is 5.75 Å². The molecule has 6 nitrogen and oxygen atoms in total. The van der Waals surface area contributed by atoms with Gasteiger partial charge in [-0.1, -0.05) is 53.7 Å². The lowest BCUT2D eigenvalue weighted by molar-refractivity contribution is 0.172. The lowest BCUT2D eigenvalue weighted by Gasteiger charge is -2.31. The molecule has 1 saturated heterocycles. The Bertz CT molecular complexity index is 1220. The molecule has 0 saturated carbocycles. The van der Waals surface area contributed by atoms with E-state index < -0.39 is 6.09 Å². The van der Waals surface area contributed by atoms with E-state index in [0.717, 1.165) is 43.6 Å². The van der Waals surface area contributed by atoms with Crippen molar-refractivity contribution in [3.63, 3.8) is 0 Å². The second-order valence-electron chi connectivity index (χ2n) is 8.91. The number of carbonyl (C=O) groups excluding carboxylic acids is 1. The predicted octanol–water partition coefficient (Wildman–Crippen LogP) is 6.28. The van der Waals surface area contributed by atoms with Gasteiger partial charge in [0.15, 0.2) is 5.58 Å². The summed E-state index contributed by atoms with van der Waals surface area (Å²) < 4.78 is 10.9. The maximum absolute atomic E-state index is 12.1. The smallest absolute Gasteiger partial charge is 0.410 e. The molecule has 2 heterocycles. The fourth-order valence-corrected chi connectivity index (χ4v) is 4.60. The van der Waals surface area contributed by atoms with Gasteiger partial charge in [-0.05, 0) is 74.5 Å². The van der Waals surface area contributed by atoms with Crippen LogP contribution < -0.4 is 10.1 Å². The minimum absolute atomic E-state index is 0.425. The number of likely N-dealkylation sites (tertiary alicyclic amines) is 1. The molecule has 0 radical (unpaired) electrons. The maximum atomic E-state index is 12.1. The molecule has 4 aromatic rings. The number of anilines is 1. The first-order valence-corrected chi connectivity index (χ1v) is 11.9. The van der Waals surface area contributed by atoms with E-state index in [1.165, 1.54) is 18.4 Å². The summed E-state index contributed by atoms with van der Waals surface area (Å²) in [6, 6.07) is 25.3. The molecule has 1 aliphatic rings. The molecule has 5 rings (SSSR count). The van der Waals surface area contributed by atoms with Gasteiger partial charge in [-0.3, -0.25) is 10.2 Å². The number of carbonyl (C=O) groups is 1. The second-order valence-corrected chi connectivity index (χ2v) is 8.91. The molecule has 0 atom stereocenters. The first kappa shape index (κ1) is 22.2. The van der Waals surface area contributed by atoms with E-state index in [-0.39, 0.29) is 0 Å². The van der Waals surface area contributed by atoms with Crippen LogP contribution in [0.25, 0.3) is 11.0 Å². The number of para-hydroxylation sites is 1. The van der Waals surface area contributed by atoms with Gasteiger partial charge in [0.1, 0.15) is 5.75 Å². The van der Waals surface area contributed by atoms with E-state index in [1.54, 1.807) is 24.3 Å². The number of hydrogen-bond donors (Lipinski definition) is 1. The van der Waals surface area contributed by atoms with Gasteiger partial charge in [0.25, 0.3) is 0 Å². The molecular formula is C28H29N3O3. The first-order valence-electron chi connectivity index (χ1n) is 11.9. The Morgan fingerprint density at radius 1 is 1.00 bits per heavy atom. The molecule has 1 aromatic heterocycles. The topological polar surface area (TPSA) is 67.6 Å². The maximum Gasteiger partial charge on any atom is 0.417 e. The van der Waals surface area contributed by atoms with Crippen molar-refractivity contribution >= 4 is 22.7 Å². The van der Waals surface area contributed by atoms with Crippen LogP contribution in [0, 0.1) is 5.92 Å². The molecule has 1 N–H and O–H groups in total. The number of amides is 1. The van der Waals surface area contributed by atoms with E-state index in [9.17, 15) is 4.79 Å². The highest BCUT2D eigenvalue weighted by Gasteiger charge is 2.20. The molecule has 1 amide bonds. The number of piperidine rings is 1. The highest BCUT2D eigenvalue weighted by atomic mass is 16.6. The number of aromatic nitrogens is 1. The summed E-state index contributed by atoms with van der Waals surface area (Å²) >= 11 is 0. The highest BCUT2D eigenvalue weighted by molar-refractivity contribution is 5.87. The summed E-state index contributed by atoms with van der Waals surface area (Å²) in [7, 11) is 0. The predicted molar refractivity (Wildman–Crippen MR) is 133 cm³/mol. The van der Waals surface area contributed by atoms with Crippen LogP contribution in [0.2, 0.25) is 0 Å². The molecule has 6 heteroatoms. The zero-order valence-corrected chi connectivity index (χ0v) is 19.2. The third-order valence-electron chi connectivity index (χ3n) is 6.49. The fraction of sp³-hybridized carbons (Fsp3) is 0.286. The van der Waals surface area contributed by atoms with Crippen molar-refractivity contribution in [3.8, 4) is 5.75 Å². The number of rotatable bonds is 7. The fourth-order valence-electron chi connectivity index (χ4n) is 4.60. The van der Waals surface area contributed by atoms with Crippen LogP contribution in [-0.4, -0.2) is 29.2 Å². The van der Waals surface area contributed by atoms with E-state index >= 15 is 0 Å². The number of ether oxygens (including phenoxy) is 1. The van der Waals surface area contributed by atoms with Gasteiger partial charge in [0.05, 0.1) is 5.69 Å². The van der Waals surface area contributed by atoms with Gasteiger partial charge in [0, 0.05) is 23.7 Å². The summed E-state index contributed by atoms with van der Waals surface area (Å²) in [6.07, 6.45) is 3.90. The summed E-state index contributed by atoms with van der Waals surface area (Å²) in [5, 5.41) is 7.99. The summed E-state index contributed by atoms with van der Waals surface area (Å²) in [6.45, 7) is 3.32. The lowest BCUT2D eigenvalue weighted by Crippen LogP contribution is -2.33. The number of hydrogen-bond acceptors (Lipinski definition) is 5. The van der Waals surface area contributed by atoms with Crippen molar-refractivity contribution in [1.82, 2.24) is 10.1 Å². The minimum atomic E-state index is -0.538. The van der Waals surface area contributed by atoms with Gasteiger partial charge < -0.3 is 9.26 Å². The third kappa shape index (κ3) is 5.64. The number of nitrogens with one attached hydrogen (secondary N) is 1. The van der Waals surface area contributed by atoms with Crippen molar-refractivity contribution in [3.05, 3.63) is 90.1 Å². The summed E-state index contributed by atoms with van der Waals surface area (Å²) in [4.78, 5) is 14.7. The van der Waals surface area contributed by atoms with E-state index in [0.29, 0.717) is 22.9 Å². The molecule has 174 valence electrons. The van der Waals surface area contributed by atoms with E-state index in [1.807, 2.05) is 24.3 Å². The molecule has 34 heavy (non-hydrogen) atoms. The molecular weight excluding hydrogens is 426 g/mol. The average Bonchev–Trinajstić information content (AvgIpc) is 3.27. The lowest BCUT2D eigenvalue weighted by atomic mass is 9.91. The Balaban J connectivity index is 1.11. The molecule has 0 spiro atoms. The first-order chi connectivity index (χ1) is 16.7. The van der Waals surface area contributed by atoms with Crippen molar-refractivity contribution in [2.45, 2.75) is 32.2 Å². The van der Waals surface area contributed by atoms with Crippen molar-refractivity contribution in [2.24, 2.45) is 5.92 Å². The number of nitrogens with zero attached hydrogens (tertiary/aromatic N) is 2. The largest absolute Gasteiger partial charge is 0.417 e. The van der Waals surface area contributed by atoms with E-state index in [2.05, 4.69) is 45.7 Å². The van der Waals surface area contributed by atoms with Gasteiger partial charge in [-0.2, -0.15) is 0 Å². The Hall–Kier alpha value is -3.64. The zero-order valence-electron chi connectivity index (χ0n) is 19.2. The van der Waals surface area contributed by atoms with Gasteiger partial charge in [-0.15, -0.1) is 0 Å². The van der Waals surface area contributed by atoms with Crippen molar-refractivity contribution < 1.29 is 14.1 Å². The molecule has 1 fully saturated rings. The average molecular weight is 456 g/mol. The van der Waals surface area contributed by atoms with Gasteiger partial charge in [0.2, 0.25) is 0 Å². The Labute approximate surface area is 199 Å². The Morgan fingerprint density at radius 2 is 1.74 bits per heavy atom. The third-order valence-corrected chi connectivity index (χ3v) is 6.49. The molecule has 0 unspecified atom stereocenters. The number of aryl methyl sites for hydroxylation is 1. The minimum Gasteiger partial charge on any atom is -0.410 e. The number of fused-ring (bicyclic) bond motifs is 1. The van der Waals surface area contributed by atoms with Crippen LogP contribution in [0.3, 0.4) is 0 Å². The standard InChI is InChI=1S/C28H29N3O3/c32-28(29-23-9-5-2-6-10-23)33-24-12-13-25-26(30-34-27(25)19-24)14-11-21-15-17-31(18-16-21)20-22-7-3-1-4-8-22/h1-10,12-13,19,21H,11,14-18,20H2,(H,29,32). The Morgan fingerprint density at radius 3 is 2.50 bits per heavy atom. The second kappa shape index (κ2) is 10.5. The molecule has 0 bridgehead atoms. The Kier molecular flexibility index (Phi) is 6.86. The van der Waals surface area contributed by atoms with Crippen molar-refractivity contribution in [2.75, 3.05) is 18.4 Å². The van der Waals surface area contributed by atoms with Crippen LogP contribution in [-0.2, 0) is 13.0 Å². The number of benzene rings is 3. The van der Waals surface area contributed by atoms with Crippen LogP contribution >= 0.6 is 0 Å². The van der Waals surface area contributed by atoms with Crippen LogP contribution in [0.4, 0.5) is 10.5 Å². The SMILES string of the molecule is O=C(Nc1ccccc1)Oc1ccc2c(CCC3CCN(Cc4ccccc4)CC3)noc2c1. The summed E-state index contributed by atoms with van der Waals surface area (Å²) in [5.74, 6) is 1.14. The van der Waals surface area contributed by atoms with Crippen LogP contribution in [0.1, 0.15) is 30.5 Å². The molecule has 3 aromatic carbocycles. The van der Waals surface area contributed by atoms with Crippen LogP contribution in [0.15, 0.2) is 83.4 Å². The van der Waals surface area contributed by atoms with Crippen molar-refractivity contribution in [1.29, 1.82) is 0 Å². The highest BCUT2D eigenvalue weighted by Crippen LogP contribution is 2.28. The van der Waals surface area contributed by atoms with Gasteiger partial charge in [-0.25, -0.2) is 4.79 Å². The molecule has 1 aliphatic heterocycles. The zero-order chi connectivity index (χ0) is 23.2.